The molecule has 0 N–H and O–H groups in total. The Morgan fingerprint density at radius 2 is 2.27 bits per heavy atom. The van der Waals surface area contributed by atoms with E-state index in [-0.39, 0.29) is 5.82 Å². The second kappa shape index (κ2) is 4.09. The van der Waals surface area contributed by atoms with Crippen LogP contribution in [0, 0.1) is 5.82 Å². The highest BCUT2D eigenvalue weighted by Crippen LogP contribution is 2.15. The Bertz CT molecular complexity index is 472. The van der Waals surface area contributed by atoms with Crippen molar-refractivity contribution in [2.24, 2.45) is 0 Å². The standard InChI is InChI=1S/C12H11FN2/c1-2-4-10-5-6-12(11(13)9-10)15-8-3-7-14-15/h2-9H,1H3/b4-2+. The zero-order valence-corrected chi connectivity index (χ0v) is 8.39. The minimum atomic E-state index is -0.269. The van der Waals surface area contributed by atoms with E-state index >= 15 is 0 Å². The van der Waals surface area contributed by atoms with Gasteiger partial charge in [0.25, 0.3) is 0 Å². The lowest BCUT2D eigenvalue weighted by Crippen LogP contribution is -1.97. The minimum Gasteiger partial charge on any atom is -0.238 e. The first-order valence-corrected chi connectivity index (χ1v) is 4.73. The summed E-state index contributed by atoms with van der Waals surface area (Å²) in [5.41, 5.74) is 1.32. The van der Waals surface area contributed by atoms with Crippen molar-refractivity contribution in [1.82, 2.24) is 9.78 Å². The van der Waals surface area contributed by atoms with Gasteiger partial charge in [-0.25, -0.2) is 9.07 Å². The van der Waals surface area contributed by atoms with E-state index in [4.69, 9.17) is 0 Å². The minimum absolute atomic E-state index is 0.269. The molecule has 2 nitrogen and oxygen atoms in total. The van der Waals surface area contributed by atoms with Crippen LogP contribution in [0.25, 0.3) is 11.8 Å². The fourth-order valence-electron chi connectivity index (χ4n) is 1.42. The summed E-state index contributed by atoms with van der Waals surface area (Å²) in [7, 11) is 0. The van der Waals surface area contributed by atoms with Gasteiger partial charge in [0.2, 0.25) is 0 Å². The van der Waals surface area contributed by atoms with Gasteiger partial charge in [-0.15, -0.1) is 0 Å². The Morgan fingerprint density at radius 3 is 2.87 bits per heavy atom. The molecule has 0 atom stereocenters. The molecule has 0 aliphatic carbocycles. The van der Waals surface area contributed by atoms with E-state index in [9.17, 15) is 4.39 Å². The third-order valence-corrected chi connectivity index (χ3v) is 2.08. The van der Waals surface area contributed by atoms with Gasteiger partial charge in [-0.2, -0.15) is 5.10 Å². The first kappa shape index (κ1) is 9.65. The molecule has 15 heavy (non-hydrogen) atoms. The van der Waals surface area contributed by atoms with E-state index in [1.807, 2.05) is 25.1 Å². The highest BCUT2D eigenvalue weighted by Gasteiger charge is 2.04. The van der Waals surface area contributed by atoms with Crippen LogP contribution in [0.1, 0.15) is 12.5 Å². The first-order chi connectivity index (χ1) is 7.31. The number of aromatic nitrogens is 2. The number of hydrogen-bond acceptors (Lipinski definition) is 1. The van der Waals surface area contributed by atoms with Crippen molar-refractivity contribution in [3.05, 3.63) is 54.1 Å². The molecule has 2 aromatic rings. The number of benzene rings is 1. The maximum Gasteiger partial charge on any atom is 0.149 e. The van der Waals surface area contributed by atoms with Crippen molar-refractivity contribution in [2.45, 2.75) is 6.92 Å². The normalized spacial score (nSPS) is 11.1. The summed E-state index contributed by atoms with van der Waals surface area (Å²) in [6, 6.07) is 6.84. The van der Waals surface area contributed by atoms with Crippen molar-refractivity contribution in [1.29, 1.82) is 0 Å². The predicted molar refractivity (Wildman–Crippen MR) is 58.2 cm³/mol. The summed E-state index contributed by atoms with van der Waals surface area (Å²) in [6.07, 6.45) is 7.07. The number of allylic oxidation sites excluding steroid dienone is 1. The molecule has 0 bridgehead atoms. The molecule has 0 saturated heterocycles. The van der Waals surface area contributed by atoms with Crippen LogP contribution < -0.4 is 0 Å². The molecule has 1 aromatic carbocycles. The van der Waals surface area contributed by atoms with Crippen LogP contribution in [0.2, 0.25) is 0 Å². The van der Waals surface area contributed by atoms with Gasteiger partial charge >= 0.3 is 0 Å². The van der Waals surface area contributed by atoms with Crippen LogP contribution in [-0.4, -0.2) is 9.78 Å². The number of nitrogens with zero attached hydrogens (tertiary/aromatic N) is 2. The summed E-state index contributed by atoms with van der Waals surface area (Å²) in [5, 5.41) is 3.98. The molecule has 1 heterocycles. The maximum absolute atomic E-state index is 13.6. The Morgan fingerprint density at radius 1 is 1.40 bits per heavy atom. The van der Waals surface area contributed by atoms with Gasteiger partial charge in [-0.1, -0.05) is 18.2 Å². The number of halogens is 1. The van der Waals surface area contributed by atoms with Crippen LogP contribution in [0.15, 0.2) is 42.7 Å². The van der Waals surface area contributed by atoms with Crippen molar-refractivity contribution in [3.8, 4) is 5.69 Å². The zero-order chi connectivity index (χ0) is 10.7. The summed E-state index contributed by atoms with van der Waals surface area (Å²) in [6.45, 7) is 1.90. The zero-order valence-electron chi connectivity index (χ0n) is 8.39. The lowest BCUT2D eigenvalue weighted by atomic mass is 10.2. The van der Waals surface area contributed by atoms with Crippen LogP contribution in [-0.2, 0) is 0 Å². The van der Waals surface area contributed by atoms with Gasteiger partial charge in [0.1, 0.15) is 11.5 Å². The smallest absolute Gasteiger partial charge is 0.149 e. The van der Waals surface area contributed by atoms with Crippen molar-refractivity contribution in [2.75, 3.05) is 0 Å². The molecule has 0 radical (unpaired) electrons. The Kier molecular flexibility index (Phi) is 2.63. The van der Waals surface area contributed by atoms with Gasteiger partial charge < -0.3 is 0 Å². The van der Waals surface area contributed by atoms with E-state index in [0.717, 1.165) is 5.56 Å². The molecule has 0 aliphatic heterocycles. The van der Waals surface area contributed by atoms with E-state index in [0.29, 0.717) is 5.69 Å². The third kappa shape index (κ3) is 1.96. The Balaban J connectivity index is 2.43. The summed E-state index contributed by atoms with van der Waals surface area (Å²) >= 11 is 0. The van der Waals surface area contributed by atoms with Gasteiger partial charge in [0.05, 0.1) is 0 Å². The molecular formula is C12H11FN2. The monoisotopic (exact) mass is 202 g/mol. The highest BCUT2D eigenvalue weighted by atomic mass is 19.1. The maximum atomic E-state index is 13.6. The van der Waals surface area contributed by atoms with Gasteiger partial charge in [0, 0.05) is 12.4 Å². The van der Waals surface area contributed by atoms with Crippen molar-refractivity contribution >= 4 is 6.08 Å². The number of hydrogen-bond donors (Lipinski definition) is 0. The molecule has 1 aromatic heterocycles. The Labute approximate surface area is 87.7 Å². The average Bonchev–Trinajstić information content (AvgIpc) is 2.71. The van der Waals surface area contributed by atoms with Crippen molar-refractivity contribution < 1.29 is 4.39 Å². The Hall–Kier alpha value is -1.90. The fourth-order valence-corrected chi connectivity index (χ4v) is 1.42. The van der Waals surface area contributed by atoms with E-state index in [1.165, 1.54) is 10.7 Å². The summed E-state index contributed by atoms with van der Waals surface area (Å²) in [4.78, 5) is 0. The van der Waals surface area contributed by atoms with Gasteiger partial charge in [-0.05, 0) is 30.7 Å². The van der Waals surface area contributed by atoms with E-state index in [2.05, 4.69) is 5.10 Å². The lowest BCUT2D eigenvalue weighted by molar-refractivity contribution is 0.610. The first-order valence-electron chi connectivity index (χ1n) is 4.73. The number of rotatable bonds is 2. The molecule has 0 spiro atoms. The highest BCUT2D eigenvalue weighted by molar-refractivity contribution is 5.51. The van der Waals surface area contributed by atoms with Gasteiger partial charge in [-0.3, -0.25) is 0 Å². The SMILES string of the molecule is C/C=C/c1ccc(-n2cccn2)c(F)c1. The average molecular weight is 202 g/mol. The quantitative estimate of drug-likeness (QED) is 0.731. The summed E-state index contributed by atoms with van der Waals surface area (Å²) in [5.74, 6) is -0.269. The van der Waals surface area contributed by atoms with Crippen molar-refractivity contribution in [3.63, 3.8) is 0 Å². The predicted octanol–water partition coefficient (Wildman–Crippen LogP) is 3.04. The molecule has 3 heteroatoms. The largest absolute Gasteiger partial charge is 0.238 e. The summed E-state index contributed by atoms with van der Waals surface area (Å²) < 4.78 is 15.2. The molecule has 2 rings (SSSR count). The fraction of sp³-hybridized carbons (Fsp3) is 0.0833. The third-order valence-electron chi connectivity index (χ3n) is 2.08. The van der Waals surface area contributed by atoms with Crippen LogP contribution in [0.4, 0.5) is 4.39 Å². The van der Waals surface area contributed by atoms with Crippen LogP contribution in [0.5, 0.6) is 0 Å². The molecule has 0 amide bonds. The van der Waals surface area contributed by atoms with Crippen LogP contribution >= 0.6 is 0 Å². The molecule has 0 unspecified atom stereocenters. The second-order valence-electron chi connectivity index (χ2n) is 3.16. The van der Waals surface area contributed by atoms with E-state index < -0.39 is 0 Å². The second-order valence-corrected chi connectivity index (χ2v) is 3.16. The molecule has 0 saturated carbocycles. The van der Waals surface area contributed by atoms with E-state index in [1.54, 1.807) is 24.5 Å². The molecule has 0 aliphatic rings. The van der Waals surface area contributed by atoms with Gasteiger partial charge in [0.15, 0.2) is 0 Å². The molecular weight excluding hydrogens is 191 g/mol. The molecule has 76 valence electrons. The lowest BCUT2D eigenvalue weighted by Gasteiger charge is -2.03. The molecule has 0 fully saturated rings. The van der Waals surface area contributed by atoms with Crippen LogP contribution in [0.3, 0.4) is 0 Å². The topological polar surface area (TPSA) is 17.8 Å².